The molecule has 7 heteroatoms. The molecule has 7 nitrogen and oxygen atoms in total. The zero-order chi connectivity index (χ0) is 24.5. The van der Waals surface area contributed by atoms with Crippen molar-refractivity contribution in [2.75, 3.05) is 42.5 Å². The Morgan fingerprint density at radius 3 is 2.51 bits per heavy atom. The number of piperidine rings is 1. The molecular weight excluding hydrogens is 438 g/mol. The second kappa shape index (κ2) is 9.72. The first kappa shape index (κ1) is 23.4. The number of carbonyl (C=O) groups excluding carboxylic acids is 1. The lowest BCUT2D eigenvalue weighted by atomic mass is 9.94. The summed E-state index contributed by atoms with van der Waals surface area (Å²) in [5.41, 5.74) is 4.15. The van der Waals surface area contributed by atoms with Gasteiger partial charge in [0.05, 0.1) is 11.0 Å². The first-order chi connectivity index (χ1) is 17.0. The van der Waals surface area contributed by atoms with Crippen molar-refractivity contribution in [3.05, 3.63) is 64.4 Å². The average molecular weight is 474 g/mol. The summed E-state index contributed by atoms with van der Waals surface area (Å²) in [6.07, 6.45) is 1.51. The summed E-state index contributed by atoms with van der Waals surface area (Å²) >= 11 is 0. The van der Waals surface area contributed by atoms with E-state index in [1.54, 1.807) is 4.57 Å². The molecule has 0 N–H and O–H groups in total. The molecular formula is C28H35N5O2. The van der Waals surface area contributed by atoms with Crippen molar-refractivity contribution in [3.8, 4) is 0 Å². The predicted molar refractivity (Wildman–Crippen MR) is 141 cm³/mol. The zero-order valence-corrected chi connectivity index (χ0v) is 21.0. The lowest BCUT2D eigenvalue weighted by Crippen LogP contribution is -2.55. The van der Waals surface area contributed by atoms with Gasteiger partial charge in [-0.15, -0.1) is 0 Å². The smallest absolute Gasteiger partial charge is 0.293 e. The highest BCUT2D eigenvalue weighted by molar-refractivity contribution is 5.80. The first-order valence-corrected chi connectivity index (χ1v) is 12.8. The predicted octanol–water partition coefficient (Wildman–Crippen LogP) is 3.68. The van der Waals surface area contributed by atoms with Gasteiger partial charge in [0.1, 0.15) is 0 Å². The third-order valence-electron chi connectivity index (χ3n) is 7.57. The van der Waals surface area contributed by atoms with E-state index < -0.39 is 0 Å². The Kier molecular flexibility index (Phi) is 6.50. The molecule has 35 heavy (non-hydrogen) atoms. The van der Waals surface area contributed by atoms with Gasteiger partial charge in [-0.1, -0.05) is 24.3 Å². The summed E-state index contributed by atoms with van der Waals surface area (Å²) in [6.45, 7) is 10.6. The summed E-state index contributed by atoms with van der Waals surface area (Å²) in [5, 5.41) is 0. The summed E-state index contributed by atoms with van der Waals surface area (Å²) in [5.74, 6) is 0.785. The molecule has 1 amide bonds. The number of nitrogens with zero attached hydrogens (tertiary/aromatic N) is 5. The quantitative estimate of drug-likeness (QED) is 0.579. The maximum Gasteiger partial charge on any atom is 0.293 e. The Bertz CT molecular complexity index is 1280. The number of hydrogen-bond acceptors (Lipinski definition) is 5. The minimum Gasteiger partial charge on any atom is -0.365 e. The van der Waals surface area contributed by atoms with E-state index in [-0.39, 0.29) is 23.4 Å². The van der Waals surface area contributed by atoms with Gasteiger partial charge in [0.25, 0.3) is 5.56 Å². The summed E-state index contributed by atoms with van der Waals surface area (Å²) in [4.78, 5) is 37.8. The molecule has 0 bridgehead atoms. The lowest BCUT2D eigenvalue weighted by Gasteiger charge is -2.43. The van der Waals surface area contributed by atoms with Crippen LogP contribution in [0.3, 0.4) is 0 Å². The van der Waals surface area contributed by atoms with E-state index in [1.807, 2.05) is 31.2 Å². The molecule has 1 atom stereocenters. The Hall–Kier alpha value is -3.35. The van der Waals surface area contributed by atoms with Crippen molar-refractivity contribution in [1.29, 1.82) is 0 Å². The topological polar surface area (TPSA) is 61.7 Å². The van der Waals surface area contributed by atoms with Gasteiger partial charge in [-0.2, -0.15) is 0 Å². The average Bonchev–Trinajstić information content (AvgIpc) is 2.88. The number of carbonyl (C=O) groups is 1. The van der Waals surface area contributed by atoms with Crippen LogP contribution in [0.1, 0.15) is 32.3 Å². The second-order valence-corrected chi connectivity index (χ2v) is 9.90. The zero-order valence-electron chi connectivity index (χ0n) is 21.0. The molecule has 0 radical (unpaired) electrons. The first-order valence-electron chi connectivity index (χ1n) is 12.8. The molecule has 0 spiro atoms. The van der Waals surface area contributed by atoms with Crippen LogP contribution in [0.25, 0.3) is 11.0 Å². The Labute approximate surface area is 207 Å². The van der Waals surface area contributed by atoms with Crippen LogP contribution in [0.2, 0.25) is 0 Å². The number of aromatic nitrogens is 2. The fourth-order valence-electron chi connectivity index (χ4n) is 5.64. The number of para-hydroxylation sites is 2. The molecule has 2 aliphatic heterocycles. The highest BCUT2D eigenvalue weighted by Crippen LogP contribution is 2.26. The fraction of sp³-hybridized carbons (Fsp3) is 0.464. The minimum atomic E-state index is -0.0444. The van der Waals surface area contributed by atoms with Gasteiger partial charge in [-0.3, -0.25) is 9.59 Å². The van der Waals surface area contributed by atoms with E-state index >= 15 is 0 Å². The molecule has 2 saturated heterocycles. The van der Waals surface area contributed by atoms with Crippen molar-refractivity contribution in [3.63, 3.8) is 0 Å². The normalized spacial score (nSPS) is 19.4. The Balaban J connectivity index is 1.24. The van der Waals surface area contributed by atoms with Crippen LogP contribution in [0.15, 0.2) is 53.3 Å². The van der Waals surface area contributed by atoms with Gasteiger partial charge >= 0.3 is 0 Å². The van der Waals surface area contributed by atoms with Gasteiger partial charge < -0.3 is 19.3 Å². The molecule has 3 aromatic rings. The van der Waals surface area contributed by atoms with Crippen LogP contribution < -0.4 is 15.4 Å². The SMILES string of the molecule is CCn1c(=O)c(N2CCC(C(=O)N3CCN(c4cccc(C)c4)[C@H](C)C3)CC2)nc2ccccc21. The Morgan fingerprint density at radius 2 is 1.80 bits per heavy atom. The van der Waals surface area contributed by atoms with Crippen LogP contribution in [-0.4, -0.2) is 59.1 Å². The molecule has 0 aliphatic carbocycles. The van der Waals surface area contributed by atoms with Gasteiger partial charge in [0, 0.05) is 56.9 Å². The molecule has 1 aromatic heterocycles. The largest absolute Gasteiger partial charge is 0.365 e. The van der Waals surface area contributed by atoms with Gasteiger partial charge in [-0.05, 0) is 63.4 Å². The van der Waals surface area contributed by atoms with E-state index in [2.05, 4.69) is 52.8 Å². The van der Waals surface area contributed by atoms with Crippen molar-refractivity contribution in [1.82, 2.24) is 14.5 Å². The molecule has 3 heterocycles. The van der Waals surface area contributed by atoms with Crippen LogP contribution in [0.4, 0.5) is 11.5 Å². The second-order valence-electron chi connectivity index (χ2n) is 9.90. The maximum atomic E-state index is 13.4. The minimum absolute atomic E-state index is 0.0119. The van der Waals surface area contributed by atoms with Crippen LogP contribution in [0.5, 0.6) is 0 Å². The van der Waals surface area contributed by atoms with Crippen molar-refractivity contribution < 1.29 is 4.79 Å². The van der Waals surface area contributed by atoms with E-state index in [1.165, 1.54) is 11.3 Å². The molecule has 2 aliphatic rings. The molecule has 2 aromatic carbocycles. The molecule has 0 unspecified atom stereocenters. The fourth-order valence-corrected chi connectivity index (χ4v) is 5.64. The van der Waals surface area contributed by atoms with Crippen LogP contribution in [-0.2, 0) is 11.3 Å². The number of amides is 1. The van der Waals surface area contributed by atoms with E-state index in [4.69, 9.17) is 4.98 Å². The lowest BCUT2D eigenvalue weighted by molar-refractivity contribution is -0.137. The number of rotatable bonds is 4. The van der Waals surface area contributed by atoms with Gasteiger partial charge in [0.15, 0.2) is 5.82 Å². The summed E-state index contributed by atoms with van der Waals surface area (Å²) in [6, 6.07) is 16.7. The highest BCUT2D eigenvalue weighted by Gasteiger charge is 2.33. The van der Waals surface area contributed by atoms with E-state index in [9.17, 15) is 9.59 Å². The monoisotopic (exact) mass is 473 g/mol. The number of anilines is 2. The summed E-state index contributed by atoms with van der Waals surface area (Å²) in [7, 11) is 0. The maximum absolute atomic E-state index is 13.4. The summed E-state index contributed by atoms with van der Waals surface area (Å²) < 4.78 is 1.80. The van der Waals surface area contributed by atoms with Crippen molar-refractivity contribution in [2.45, 2.75) is 46.2 Å². The number of aryl methyl sites for hydroxylation is 2. The third kappa shape index (κ3) is 4.51. The van der Waals surface area contributed by atoms with E-state index in [0.717, 1.165) is 43.5 Å². The molecule has 0 saturated carbocycles. The number of hydrogen-bond donors (Lipinski definition) is 0. The third-order valence-corrected chi connectivity index (χ3v) is 7.57. The van der Waals surface area contributed by atoms with Crippen molar-refractivity contribution in [2.24, 2.45) is 5.92 Å². The Morgan fingerprint density at radius 1 is 1.03 bits per heavy atom. The number of benzene rings is 2. The van der Waals surface area contributed by atoms with Gasteiger partial charge in [-0.25, -0.2) is 4.98 Å². The number of fused-ring (bicyclic) bond motifs is 1. The van der Waals surface area contributed by atoms with Crippen LogP contribution >= 0.6 is 0 Å². The van der Waals surface area contributed by atoms with Crippen LogP contribution in [0, 0.1) is 12.8 Å². The molecule has 184 valence electrons. The highest BCUT2D eigenvalue weighted by atomic mass is 16.2. The number of piperazine rings is 1. The molecule has 2 fully saturated rings. The molecule has 5 rings (SSSR count). The van der Waals surface area contributed by atoms with Crippen molar-refractivity contribution >= 4 is 28.4 Å². The standard InChI is InChI=1S/C28H35N5O2/c1-4-32-25-11-6-5-10-24(25)29-26(28(32)35)30-14-12-22(13-15-30)27(34)31-16-17-33(21(3)19-31)23-9-7-8-20(2)18-23/h5-11,18,21-22H,4,12-17,19H2,1-3H3/t21-/m1/s1. The van der Waals surface area contributed by atoms with E-state index in [0.29, 0.717) is 25.5 Å². The van der Waals surface area contributed by atoms with Gasteiger partial charge in [0.2, 0.25) is 5.91 Å².